The number of carboxylic acids is 1. The van der Waals surface area contributed by atoms with Crippen LogP contribution < -0.4 is 4.74 Å². The lowest BCUT2D eigenvalue weighted by Crippen LogP contribution is -2.42. The second-order valence-corrected chi connectivity index (χ2v) is 5.94. The van der Waals surface area contributed by atoms with Crippen molar-refractivity contribution < 1.29 is 24.5 Å². The van der Waals surface area contributed by atoms with Crippen molar-refractivity contribution in [3.05, 3.63) is 27.7 Å². The molecule has 21 heavy (non-hydrogen) atoms. The lowest BCUT2D eigenvalue weighted by Gasteiger charge is -2.21. The van der Waals surface area contributed by atoms with Crippen LogP contribution in [0.2, 0.25) is 5.02 Å². The molecule has 0 radical (unpaired) electrons. The number of aliphatic hydroxyl groups excluding tert-OH is 1. The van der Waals surface area contributed by atoms with Crippen molar-refractivity contribution in [3.8, 4) is 5.75 Å². The fraction of sp³-hybridized carbons (Fsp3) is 0.385. The Morgan fingerprint density at radius 2 is 2.19 bits per heavy atom. The smallest absolute Gasteiger partial charge is 0.326 e. The van der Waals surface area contributed by atoms with Crippen LogP contribution in [0.4, 0.5) is 0 Å². The minimum atomic E-state index is -1.13. The third-order valence-corrected chi connectivity index (χ3v) is 3.98. The Labute approximate surface area is 134 Å². The minimum absolute atomic E-state index is 0.000940. The highest BCUT2D eigenvalue weighted by Crippen LogP contribution is 2.28. The number of β-amino-alcohol motifs (C(OH)–C–C–N with tert-alkyl or cyclic N) is 1. The Balaban J connectivity index is 1.99. The molecule has 1 aromatic rings. The SMILES string of the molecule is O=C(O)[C@H]1C[C@@H](O)CN1C(=O)COc1ccc(Cl)cc1Br. The van der Waals surface area contributed by atoms with E-state index in [0.717, 1.165) is 4.90 Å². The lowest BCUT2D eigenvalue weighted by molar-refractivity contribution is -0.149. The maximum Gasteiger partial charge on any atom is 0.326 e. The summed E-state index contributed by atoms with van der Waals surface area (Å²) < 4.78 is 5.95. The van der Waals surface area contributed by atoms with Gasteiger partial charge in [-0.25, -0.2) is 4.79 Å². The van der Waals surface area contributed by atoms with E-state index in [2.05, 4.69) is 15.9 Å². The van der Waals surface area contributed by atoms with Crippen LogP contribution in [-0.4, -0.2) is 52.3 Å². The number of carbonyl (C=O) groups excluding carboxylic acids is 1. The summed E-state index contributed by atoms with van der Waals surface area (Å²) in [5, 5.41) is 19.1. The molecule has 1 aliphatic rings. The average Bonchev–Trinajstić information content (AvgIpc) is 2.80. The first-order valence-corrected chi connectivity index (χ1v) is 7.33. The predicted molar refractivity (Wildman–Crippen MR) is 78.4 cm³/mol. The van der Waals surface area contributed by atoms with Gasteiger partial charge in [-0.15, -0.1) is 0 Å². The fourth-order valence-corrected chi connectivity index (χ4v) is 2.94. The third-order valence-electron chi connectivity index (χ3n) is 3.13. The second-order valence-electron chi connectivity index (χ2n) is 4.65. The van der Waals surface area contributed by atoms with E-state index in [9.17, 15) is 14.7 Å². The molecule has 114 valence electrons. The largest absolute Gasteiger partial charge is 0.483 e. The van der Waals surface area contributed by atoms with Crippen molar-refractivity contribution >= 4 is 39.4 Å². The van der Waals surface area contributed by atoms with E-state index in [1.54, 1.807) is 18.2 Å². The molecule has 1 fully saturated rings. The molecule has 6 nitrogen and oxygen atoms in total. The number of carboxylic acid groups (broad SMARTS) is 1. The number of hydrogen-bond donors (Lipinski definition) is 2. The van der Waals surface area contributed by atoms with E-state index in [4.69, 9.17) is 21.4 Å². The van der Waals surface area contributed by atoms with Gasteiger partial charge in [0.25, 0.3) is 5.91 Å². The summed E-state index contributed by atoms with van der Waals surface area (Å²) in [5.74, 6) is -1.19. The maximum atomic E-state index is 12.0. The summed E-state index contributed by atoms with van der Waals surface area (Å²) in [6, 6.07) is 3.84. The highest BCUT2D eigenvalue weighted by Gasteiger charge is 2.38. The normalized spacial score (nSPS) is 21.4. The van der Waals surface area contributed by atoms with Crippen molar-refractivity contribution in [2.24, 2.45) is 0 Å². The fourth-order valence-electron chi connectivity index (χ4n) is 2.14. The summed E-state index contributed by atoms with van der Waals surface area (Å²) >= 11 is 9.06. The lowest BCUT2D eigenvalue weighted by atomic mass is 10.2. The van der Waals surface area contributed by atoms with Gasteiger partial charge in [0.05, 0.1) is 10.6 Å². The predicted octanol–water partition coefficient (Wildman–Crippen LogP) is 1.53. The summed E-state index contributed by atoms with van der Waals surface area (Å²) in [6.45, 7) is -0.308. The first-order chi connectivity index (χ1) is 9.88. The molecular formula is C13H13BrClNO5. The van der Waals surface area contributed by atoms with Gasteiger partial charge in [0.1, 0.15) is 11.8 Å². The van der Waals surface area contributed by atoms with Gasteiger partial charge in [0, 0.05) is 18.0 Å². The zero-order valence-electron chi connectivity index (χ0n) is 10.8. The number of likely N-dealkylation sites (tertiary alicyclic amines) is 1. The summed E-state index contributed by atoms with van der Waals surface area (Å²) in [5.41, 5.74) is 0. The van der Waals surface area contributed by atoms with Gasteiger partial charge in [-0.3, -0.25) is 4.79 Å². The zero-order chi connectivity index (χ0) is 15.6. The van der Waals surface area contributed by atoms with Crippen molar-refractivity contribution in [1.82, 2.24) is 4.90 Å². The van der Waals surface area contributed by atoms with Crippen LogP contribution in [0, 0.1) is 0 Å². The molecular weight excluding hydrogens is 366 g/mol. The maximum absolute atomic E-state index is 12.0. The number of aliphatic carboxylic acids is 1. The molecule has 0 bridgehead atoms. The number of rotatable bonds is 4. The number of halogens is 2. The molecule has 0 saturated carbocycles. The van der Waals surface area contributed by atoms with Gasteiger partial charge in [0.2, 0.25) is 0 Å². The molecule has 1 saturated heterocycles. The molecule has 1 amide bonds. The summed E-state index contributed by atoms with van der Waals surface area (Å²) in [6.07, 6.45) is -0.788. The first kappa shape index (κ1) is 16.1. The Hall–Kier alpha value is -1.31. The van der Waals surface area contributed by atoms with Crippen LogP contribution in [0.5, 0.6) is 5.75 Å². The number of ether oxygens (including phenoxy) is 1. The standard InChI is InChI=1S/C13H13BrClNO5/c14-9-3-7(15)1-2-11(9)21-6-12(18)16-5-8(17)4-10(16)13(19)20/h1-3,8,10,17H,4-6H2,(H,19,20)/t8-,10-/m1/s1. The van der Waals surface area contributed by atoms with E-state index < -0.39 is 24.0 Å². The number of hydrogen-bond acceptors (Lipinski definition) is 4. The number of benzene rings is 1. The van der Waals surface area contributed by atoms with Crippen LogP contribution in [0.25, 0.3) is 0 Å². The van der Waals surface area contributed by atoms with Crippen LogP contribution in [-0.2, 0) is 9.59 Å². The van der Waals surface area contributed by atoms with E-state index >= 15 is 0 Å². The number of nitrogens with zero attached hydrogens (tertiary/aromatic N) is 1. The van der Waals surface area contributed by atoms with Crippen molar-refractivity contribution in [3.63, 3.8) is 0 Å². The Morgan fingerprint density at radius 3 is 2.81 bits per heavy atom. The average molecular weight is 379 g/mol. The second kappa shape index (κ2) is 6.64. The molecule has 0 aliphatic carbocycles. The number of amides is 1. The molecule has 0 aromatic heterocycles. The zero-order valence-corrected chi connectivity index (χ0v) is 13.2. The third kappa shape index (κ3) is 3.87. The summed E-state index contributed by atoms with van der Waals surface area (Å²) in [4.78, 5) is 24.2. The van der Waals surface area contributed by atoms with Crippen molar-refractivity contribution in [2.75, 3.05) is 13.2 Å². The van der Waals surface area contributed by atoms with Crippen LogP contribution in [0.1, 0.15) is 6.42 Å². The van der Waals surface area contributed by atoms with Crippen LogP contribution in [0.3, 0.4) is 0 Å². The molecule has 1 heterocycles. The number of aliphatic hydroxyl groups is 1. The Kier molecular flexibility index (Phi) is 5.08. The van der Waals surface area contributed by atoms with E-state index in [0.29, 0.717) is 15.2 Å². The monoisotopic (exact) mass is 377 g/mol. The van der Waals surface area contributed by atoms with Gasteiger partial charge < -0.3 is 19.8 Å². The van der Waals surface area contributed by atoms with Crippen molar-refractivity contribution in [2.45, 2.75) is 18.6 Å². The highest BCUT2D eigenvalue weighted by atomic mass is 79.9. The van der Waals surface area contributed by atoms with Crippen LogP contribution >= 0.6 is 27.5 Å². The summed E-state index contributed by atoms with van der Waals surface area (Å²) in [7, 11) is 0. The molecule has 0 unspecified atom stereocenters. The number of carbonyl (C=O) groups is 2. The van der Waals surface area contributed by atoms with Gasteiger partial charge in [0.15, 0.2) is 6.61 Å². The molecule has 8 heteroatoms. The van der Waals surface area contributed by atoms with Crippen molar-refractivity contribution in [1.29, 1.82) is 0 Å². The molecule has 2 atom stereocenters. The molecule has 1 aliphatic heterocycles. The topological polar surface area (TPSA) is 87.1 Å². The van der Waals surface area contributed by atoms with Gasteiger partial charge in [-0.05, 0) is 34.1 Å². The Bertz CT molecular complexity index is 567. The van der Waals surface area contributed by atoms with E-state index in [-0.39, 0.29) is 19.6 Å². The molecule has 2 rings (SSSR count). The quantitative estimate of drug-likeness (QED) is 0.830. The van der Waals surface area contributed by atoms with E-state index in [1.807, 2.05) is 0 Å². The Morgan fingerprint density at radius 1 is 1.48 bits per heavy atom. The van der Waals surface area contributed by atoms with Crippen LogP contribution in [0.15, 0.2) is 22.7 Å². The highest BCUT2D eigenvalue weighted by molar-refractivity contribution is 9.10. The first-order valence-electron chi connectivity index (χ1n) is 6.16. The van der Waals surface area contributed by atoms with Gasteiger partial charge >= 0.3 is 5.97 Å². The molecule has 2 N–H and O–H groups in total. The minimum Gasteiger partial charge on any atom is -0.483 e. The van der Waals surface area contributed by atoms with Gasteiger partial charge in [-0.1, -0.05) is 11.6 Å². The van der Waals surface area contributed by atoms with E-state index in [1.165, 1.54) is 0 Å². The molecule has 1 aromatic carbocycles. The molecule has 0 spiro atoms. The van der Waals surface area contributed by atoms with Gasteiger partial charge in [-0.2, -0.15) is 0 Å².